The van der Waals surface area contributed by atoms with Crippen molar-refractivity contribution in [1.29, 1.82) is 0 Å². The van der Waals surface area contributed by atoms with Crippen LogP contribution in [0.25, 0.3) is 11.4 Å². The number of aromatic nitrogens is 3. The predicted molar refractivity (Wildman–Crippen MR) is 127 cm³/mol. The zero-order valence-corrected chi connectivity index (χ0v) is 19.0. The largest absolute Gasteiger partial charge is 0.372 e. The van der Waals surface area contributed by atoms with Gasteiger partial charge in [-0.2, -0.15) is 5.10 Å². The lowest BCUT2D eigenvalue weighted by atomic mass is 10.1. The van der Waals surface area contributed by atoms with Gasteiger partial charge in [-0.3, -0.25) is 14.5 Å². The molecule has 0 spiro atoms. The van der Waals surface area contributed by atoms with E-state index in [1.807, 2.05) is 38.2 Å². The Morgan fingerprint density at radius 3 is 2.58 bits per heavy atom. The van der Waals surface area contributed by atoms with Crippen molar-refractivity contribution in [2.45, 2.75) is 39.3 Å². The molecule has 0 unspecified atom stereocenters. The summed E-state index contributed by atoms with van der Waals surface area (Å²) in [4.78, 5) is 17.1. The number of hydrogen-bond acceptors (Lipinski definition) is 4. The van der Waals surface area contributed by atoms with Crippen LogP contribution in [0.15, 0.2) is 48.5 Å². The SMILES string of the molecule is Cc1cccc(-c2n[nH]c(=S)n2CC(=O)N(C)Cc2ccc(N3CCCCC3)cc2)c1. The molecule has 2 heterocycles. The summed E-state index contributed by atoms with van der Waals surface area (Å²) in [6.07, 6.45) is 3.86. The molecule has 162 valence electrons. The van der Waals surface area contributed by atoms with Gasteiger partial charge in [-0.15, -0.1) is 0 Å². The molecule has 0 radical (unpaired) electrons. The average Bonchev–Trinajstić information content (AvgIpc) is 3.15. The normalized spacial score (nSPS) is 13.9. The number of nitrogens with zero attached hydrogens (tertiary/aromatic N) is 4. The highest BCUT2D eigenvalue weighted by Crippen LogP contribution is 2.21. The van der Waals surface area contributed by atoms with E-state index in [0.29, 0.717) is 17.1 Å². The maximum Gasteiger partial charge on any atom is 0.242 e. The minimum Gasteiger partial charge on any atom is -0.372 e. The topological polar surface area (TPSA) is 57.2 Å². The van der Waals surface area contributed by atoms with Gasteiger partial charge in [-0.1, -0.05) is 35.9 Å². The van der Waals surface area contributed by atoms with Gasteiger partial charge in [-0.05, 0) is 62.2 Å². The van der Waals surface area contributed by atoms with Crippen LogP contribution in [0.5, 0.6) is 0 Å². The first-order valence-corrected chi connectivity index (χ1v) is 11.2. The lowest BCUT2D eigenvalue weighted by molar-refractivity contribution is -0.131. The summed E-state index contributed by atoms with van der Waals surface area (Å²) in [6, 6.07) is 16.6. The van der Waals surface area contributed by atoms with Gasteiger partial charge in [0, 0.05) is 37.9 Å². The highest BCUT2D eigenvalue weighted by molar-refractivity contribution is 7.71. The number of piperidine rings is 1. The molecule has 3 aromatic rings. The number of anilines is 1. The summed E-state index contributed by atoms with van der Waals surface area (Å²) < 4.78 is 2.21. The van der Waals surface area contributed by atoms with Crippen LogP contribution < -0.4 is 4.90 Å². The molecule has 7 heteroatoms. The van der Waals surface area contributed by atoms with Crippen LogP contribution in [0.2, 0.25) is 0 Å². The number of H-pyrrole nitrogens is 1. The van der Waals surface area contributed by atoms with Crippen molar-refractivity contribution in [1.82, 2.24) is 19.7 Å². The van der Waals surface area contributed by atoms with Crippen LogP contribution in [-0.4, -0.2) is 45.7 Å². The van der Waals surface area contributed by atoms with Gasteiger partial charge in [0.25, 0.3) is 0 Å². The number of hydrogen-bond donors (Lipinski definition) is 1. The highest BCUT2D eigenvalue weighted by Gasteiger charge is 2.16. The minimum absolute atomic E-state index is 0.00786. The third kappa shape index (κ3) is 5.05. The number of rotatable bonds is 6. The molecule has 4 rings (SSSR count). The van der Waals surface area contributed by atoms with Crippen molar-refractivity contribution >= 4 is 23.8 Å². The molecule has 1 fully saturated rings. The van der Waals surface area contributed by atoms with E-state index in [1.165, 1.54) is 24.9 Å². The number of benzene rings is 2. The molecule has 31 heavy (non-hydrogen) atoms. The Balaban J connectivity index is 1.42. The van der Waals surface area contributed by atoms with E-state index in [2.05, 4.69) is 39.4 Å². The molecule has 0 saturated carbocycles. The van der Waals surface area contributed by atoms with Crippen LogP contribution in [-0.2, 0) is 17.9 Å². The van der Waals surface area contributed by atoms with Crippen LogP contribution in [0.4, 0.5) is 5.69 Å². The van der Waals surface area contributed by atoms with Crippen LogP contribution in [0.3, 0.4) is 0 Å². The number of carbonyl (C=O) groups is 1. The van der Waals surface area contributed by atoms with E-state index in [0.717, 1.165) is 29.8 Å². The summed E-state index contributed by atoms with van der Waals surface area (Å²) in [5, 5.41) is 7.17. The molecule has 1 saturated heterocycles. The first-order chi connectivity index (χ1) is 15.0. The minimum atomic E-state index is -0.00786. The zero-order valence-electron chi connectivity index (χ0n) is 18.2. The van der Waals surface area contributed by atoms with Gasteiger partial charge in [0.05, 0.1) is 0 Å². The number of carbonyl (C=O) groups excluding carboxylic acids is 1. The number of aryl methyl sites for hydroxylation is 1. The van der Waals surface area contributed by atoms with E-state index < -0.39 is 0 Å². The Morgan fingerprint density at radius 2 is 1.87 bits per heavy atom. The number of amides is 1. The van der Waals surface area contributed by atoms with Gasteiger partial charge in [0.1, 0.15) is 6.54 Å². The van der Waals surface area contributed by atoms with Crippen molar-refractivity contribution in [2.24, 2.45) is 0 Å². The molecule has 0 aliphatic carbocycles. The molecule has 1 amide bonds. The fraction of sp³-hybridized carbons (Fsp3) is 0.375. The zero-order chi connectivity index (χ0) is 21.8. The van der Waals surface area contributed by atoms with Crippen LogP contribution in [0, 0.1) is 11.7 Å². The molecule has 0 bridgehead atoms. The van der Waals surface area contributed by atoms with E-state index >= 15 is 0 Å². The average molecular weight is 436 g/mol. The predicted octanol–water partition coefficient (Wildman–Crippen LogP) is 4.57. The summed E-state index contributed by atoms with van der Waals surface area (Å²) in [7, 11) is 1.83. The summed E-state index contributed by atoms with van der Waals surface area (Å²) in [5.74, 6) is 0.674. The smallest absolute Gasteiger partial charge is 0.242 e. The monoisotopic (exact) mass is 435 g/mol. The Hall–Kier alpha value is -2.93. The number of aromatic amines is 1. The second-order valence-electron chi connectivity index (χ2n) is 8.27. The molecule has 1 aliphatic heterocycles. The molecular weight excluding hydrogens is 406 g/mol. The Labute approximate surface area is 188 Å². The van der Waals surface area contributed by atoms with Crippen molar-refractivity contribution in [3.63, 3.8) is 0 Å². The fourth-order valence-corrected chi connectivity index (χ4v) is 4.25. The Morgan fingerprint density at radius 1 is 1.13 bits per heavy atom. The molecule has 1 aliphatic rings. The molecule has 6 nitrogen and oxygen atoms in total. The second-order valence-corrected chi connectivity index (χ2v) is 8.66. The molecule has 0 atom stereocenters. The van der Waals surface area contributed by atoms with Crippen molar-refractivity contribution in [3.05, 3.63) is 64.4 Å². The van der Waals surface area contributed by atoms with E-state index in [1.54, 1.807) is 9.47 Å². The third-order valence-electron chi connectivity index (χ3n) is 5.83. The van der Waals surface area contributed by atoms with Gasteiger partial charge in [-0.25, -0.2) is 0 Å². The van der Waals surface area contributed by atoms with Crippen LogP contribution in [0.1, 0.15) is 30.4 Å². The summed E-state index contributed by atoms with van der Waals surface area (Å²) in [5.41, 5.74) is 4.46. The maximum atomic E-state index is 12.9. The van der Waals surface area contributed by atoms with Gasteiger partial charge in [0.15, 0.2) is 10.6 Å². The second kappa shape index (κ2) is 9.47. The fourth-order valence-electron chi connectivity index (χ4n) is 4.05. The van der Waals surface area contributed by atoms with E-state index in [-0.39, 0.29) is 12.5 Å². The Kier molecular flexibility index (Phi) is 6.51. The van der Waals surface area contributed by atoms with Gasteiger partial charge < -0.3 is 9.80 Å². The quantitative estimate of drug-likeness (QED) is 0.577. The van der Waals surface area contributed by atoms with E-state index in [4.69, 9.17) is 12.2 Å². The lowest BCUT2D eigenvalue weighted by Crippen LogP contribution is -2.30. The maximum absolute atomic E-state index is 12.9. The first kappa shape index (κ1) is 21.3. The number of nitrogens with one attached hydrogen (secondary N) is 1. The molecule has 1 aromatic heterocycles. The first-order valence-electron chi connectivity index (χ1n) is 10.8. The molecule has 2 aromatic carbocycles. The van der Waals surface area contributed by atoms with Crippen molar-refractivity contribution in [2.75, 3.05) is 25.0 Å². The van der Waals surface area contributed by atoms with Crippen molar-refractivity contribution < 1.29 is 4.79 Å². The lowest BCUT2D eigenvalue weighted by Gasteiger charge is -2.29. The third-order valence-corrected chi connectivity index (χ3v) is 6.14. The van der Waals surface area contributed by atoms with Gasteiger partial charge in [0.2, 0.25) is 5.91 Å². The summed E-state index contributed by atoms with van der Waals surface area (Å²) >= 11 is 5.39. The van der Waals surface area contributed by atoms with E-state index in [9.17, 15) is 4.79 Å². The Bertz CT molecular complexity index is 1100. The molecular formula is C24H29N5OS. The molecule has 1 N–H and O–H groups in total. The number of likely N-dealkylation sites (N-methyl/N-ethyl adjacent to an activating group) is 1. The van der Waals surface area contributed by atoms with Gasteiger partial charge >= 0.3 is 0 Å². The van der Waals surface area contributed by atoms with Crippen molar-refractivity contribution in [3.8, 4) is 11.4 Å². The van der Waals surface area contributed by atoms with Crippen LogP contribution >= 0.6 is 12.2 Å². The highest BCUT2D eigenvalue weighted by atomic mass is 32.1. The summed E-state index contributed by atoms with van der Waals surface area (Å²) in [6.45, 7) is 5.01. The standard InChI is InChI=1S/C24H29N5OS/c1-18-7-6-8-20(15-18)23-25-26-24(31)29(23)17-22(30)27(2)16-19-9-11-21(12-10-19)28-13-4-3-5-14-28/h6-12,15H,3-5,13-14,16-17H2,1-2H3,(H,26,31).